The highest BCUT2D eigenvalue weighted by Gasteiger charge is 2.19. The maximum absolute atomic E-state index is 5.95. The lowest BCUT2D eigenvalue weighted by Crippen LogP contribution is -2.30. The molecule has 0 aliphatic carbocycles. The number of hydrogen-bond acceptors (Lipinski definition) is 3. The highest BCUT2D eigenvalue weighted by atomic mass is 79.9. The summed E-state index contributed by atoms with van der Waals surface area (Å²) in [5.74, 6) is 0. The minimum Gasteiger partial charge on any atom is -0.365 e. The molecule has 1 atom stereocenters. The molecule has 4 heteroatoms. The zero-order valence-electron chi connectivity index (χ0n) is 10.6. The van der Waals surface area contributed by atoms with Gasteiger partial charge in [0.15, 0.2) is 0 Å². The van der Waals surface area contributed by atoms with Crippen LogP contribution in [0.3, 0.4) is 0 Å². The topological polar surface area (TPSA) is 29.3 Å². The molecule has 0 saturated carbocycles. The minimum atomic E-state index is 0.210. The fourth-order valence-electron chi connectivity index (χ4n) is 1.94. The molecular weight excluding hydrogens is 308 g/mol. The Morgan fingerprint density at radius 2 is 1.94 bits per heavy atom. The third-order valence-electron chi connectivity index (χ3n) is 3.08. The molecule has 0 bridgehead atoms. The third kappa shape index (κ3) is 2.76. The molecule has 0 saturated heterocycles. The Labute approximate surface area is 121 Å². The quantitative estimate of drug-likeness (QED) is 0.922. The fraction of sp³-hybridized carbons (Fsp3) is 0.286. The van der Waals surface area contributed by atoms with E-state index in [0.29, 0.717) is 6.54 Å². The number of aryl methyl sites for hydroxylation is 1. The van der Waals surface area contributed by atoms with Gasteiger partial charge in [-0.1, -0.05) is 17.7 Å². The smallest absolute Gasteiger partial charge is 0.0765 e. The largest absolute Gasteiger partial charge is 0.365 e. The number of hydrogen-bond donors (Lipinski definition) is 1. The van der Waals surface area contributed by atoms with E-state index < -0.39 is 0 Å². The molecule has 2 N–H and O–H groups in total. The van der Waals surface area contributed by atoms with Gasteiger partial charge in [0.2, 0.25) is 0 Å². The van der Waals surface area contributed by atoms with Gasteiger partial charge in [-0.05, 0) is 46.4 Å². The standard InChI is InChI=1S/C14H17BrN2S/c1-10-3-5-11(6-4-10)17(2)13(9-16)14-12(15)7-8-18-14/h3-8,13H,9,16H2,1-2H3. The average molecular weight is 325 g/mol. The van der Waals surface area contributed by atoms with Gasteiger partial charge in [0.05, 0.1) is 6.04 Å². The highest BCUT2D eigenvalue weighted by molar-refractivity contribution is 9.10. The Morgan fingerprint density at radius 1 is 1.28 bits per heavy atom. The fourth-order valence-corrected chi connectivity index (χ4v) is 3.74. The van der Waals surface area contributed by atoms with Crippen molar-refractivity contribution in [3.8, 4) is 0 Å². The summed E-state index contributed by atoms with van der Waals surface area (Å²) in [4.78, 5) is 3.51. The van der Waals surface area contributed by atoms with Crippen molar-refractivity contribution in [2.45, 2.75) is 13.0 Å². The molecule has 0 fully saturated rings. The summed E-state index contributed by atoms with van der Waals surface area (Å²) in [6, 6.07) is 10.8. The van der Waals surface area contributed by atoms with E-state index in [0.717, 1.165) is 4.47 Å². The first-order valence-corrected chi connectivity index (χ1v) is 7.53. The lowest BCUT2D eigenvalue weighted by Gasteiger charge is -2.29. The molecule has 1 aromatic heterocycles. The van der Waals surface area contributed by atoms with Crippen molar-refractivity contribution in [1.29, 1.82) is 0 Å². The van der Waals surface area contributed by atoms with Gasteiger partial charge < -0.3 is 10.6 Å². The molecule has 2 aromatic rings. The summed E-state index contributed by atoms with van der Waals surface area (Å²) in [6.45, 7) is 2.70. The molecule has 1 unspecified atom stereocenters. The number of benzene rings is 1. The van der Waals surface area contributed by atoms with Gasteiger partial charge in [-0.25, -0.2) is 0 Å². The first kappa shape index (κ1) is 13.6. The Hall–Kier alpha value is -0.840. The van der Waals surface area contributed by atoms with Gasteiger partial charge in [-0.2, -0.15) is 0 Å². The number of halogens is 1. The van der Waals surface area contributed by atoms with Crippen LogP contribution in [0, 0.1) is 6.92 Å². The lowest BCUT2D eigenvalue weighted by atomic mass is 10.1. The van der Waals surface area contributed by atoms with Crippen LogP contribution < -0.4 is 10.6 Å². The maximum Gasteiger partial charge on any atom is 0.0765 e. The van der Waals surface area contributed by atoms with Crippen LogP contribution in [0.2, 0.25) is 0 Å². The summed E-state index contributed by atoms with van der Waals surface area (Å²) < 4.78 is 1.14. The number of rotatable bonds is 4. The molecule has 18 heavy (non-hydrogen) atoms. The summed E-state index contributed by atoms with van der Waals surface area (Å²) >= 11 is 5.33. The van der Waals surface area contributed by atoms with E-state index in [-0.39, 0.29) is 6.04 Å². The lowest BCUT2D eigenvalue weighted by molar-refractivity contribution is 0.690. The Kier molecular flexibility index (Phi) is 4.43. The SMILES string of the molecule is Cc1ccc(N(C)C(CN)c2sccc2Br)cc1. The first-order chi connectivity index (χ1) is 8.63. The van der Waals surface area contributed by atoms with Gasteiger partial charge in [0.25, 0.3) is 0 Å². The van der Waals surface area contributed by atoms with E-state index in [2.05, 4.69) is 70.5 Å². The van der Waals surface area contributed by atoms with Crippen LogP contribution in [0.4, 0.5) is 5.69 Å². The van der Waals surface area contributed by atoms with Crippen LogP contribution in [0.15, 0.2) is 40.2 Å². The van der Waals surface area contributed by atoms with Crippen molar-refractivity contribution in [3.63, 3.8) is 0 Å². The molecule has 0 radical (unpaired) electrons. The predicted molar refractivity (Wildman–Crippen MR) is 83.4 cm³/mol. The van der Waals surface area contributed by atoms with Crippen molar-refractivity contribution >= 4 is 33.0 Å². The zero-order chi connectivity index (χ0) is 13.1. The Balaban J connectivity index is 2.28. The number of thiophene rings is 1. The van der Waals surface area contributed by atoms with E-state index in [1.54, 1.807) is 11.3 Å². The Bertz CT molecular complexity index is 507. The van der Waals surface area contributed by atoms with Gasteiger partial charge in [0.1, 0.15) is 0 Å². The second-order valence-electron chi connectivity index (χ2n) is 4.33. The second-order valence-corrected chi connectivity index (χ2v) is 6.13. The highest BCUT2D eigenvalue weighted by Crippen LogP contribution is 2.33. The van der Waals surface area contributed by atoms with Crippen LogP contribution >= 0.6 is 27.3 Å². The third-order valence-corrected chi connectivity index (χ3v) is 5.05. The molecule has 96 valence electrons. The molecule has 2 nitrogen and oxygen atoms in total. The average Bonchev–Trinajstić information content (AvgIpc) is 2.78. The van der Waals surface area contributed by atoms with E-state index in [9.17, 15) is 0 Å². The maximum atomic E-state index is 5.95. The van der Waals surface area contributed by atoms with E-state index in [1.165, 1.54) is 16.1 Å². The van der Waals surface area contributed by atoms with Crippen molar-refractivity contribution < 1.29 is 0 Å². The number of nitrogens with zero attached hydrogens (tertiary/aromatic N) is 1. The monoisotopic (exact) mass is 324 g/mol. The van der Waals surface area contributed by atoms with E-state index in [1.807, 2.05) is 0 Å². The van der Waals surface area contributed by atoms with Gasteiger partial charge >= 0.3 is 0 Å². The van der Waals surface area contributed by atoms with Crippen LogP contribution in [-0.4, -0.2) is 13.6 Å². The summed E-state index contributed by atoms with van der Waals surface area (Å²) in [5.41, 5.74) is 8.41. The van der Waals surface area contributed by atoms with Gasteiger partial charge in [-0.15, -0.1) is 11.3 Å². The van der Waals surface area contributed by atoms with Crippen molar-refractivity contribution in [1.82, 2.24) is 0 Å². The molecule has 0 spiro atoms. The van der Waals surface area contributed by atoms with Crippen LogP contribution in [0.25, 0.3) is 0 Å². The summed E-state index contributed by atoms with van der Waals surface area (Å²) in [5, 5.41) is 2.09. The zero-order valence-corrected chi connectivity index (χ0v) is 13.0. The minimum absolute atomic E-state index is 0.210. The number of anilines is 1. The van der Waals surface area contributed by atoms with Crippen molar-refractivity contribution in [3.05, 3.63) is 50.6 Å². The molecule has 0 aliphatic rings. The molecule has 0 aliphatic heterocycles. The summed E-state index contributed by atoms with van der Waals surface area (Å²) in [6.07, 6.45) is 0. The van der Waals surface area contributed by atoms with Crippen molar-refractivity contribution in [2.75, 3.05) is 18.5 Å². The molecule has 0 amide bonds. The predicted octanol–water partition coefficient (Wildman–Crippen LogP) is 3.96. The van der Waals surface area contributed by atoms with Crippen LogP contribution in [-0.2, 0) is 0 Å². The molecule has 1 aromatic carbocycles. The first-order valence-electron chi connectivity index (χ1n) is 5.86. The van der Waals surface area contributed by atoms with Crippen molar-refractivity contribution in [2.24, 2.45) is 5.73 Å². The van der Waals surface area contributed by atoms with Crippen LogP contribution in [0.5, 0.6) is 0 Å². The molecular formula is C14H17BrN2S. The number of nitrogens with two attached hydrogens (primary N) is 1. The molecule has 1 heterocycles. The number of likely N-dealkylation sites (N-methyl/N-ethyl adjacent to an activating group) is 1. The van der Waals surface area contributed by atoms with Gasteiger partial charge in [-0.3, -0.25) is 0 Å². The Morgan fingerprint density at radius 3 is 2.44 bits per heavy atom. The van der Waals surface area contributed by atoms with E-state index >= 15 is 0 Å². The van der Waals surface area contributed by atoms with E-state index in [4.69, 9.17) is 5.73 Å². The second kappa shape index (κ2) is 5.87. The normalized spacial score (nSPS) is 12.4. The van der Waals surface area contributed by atoms with Gasteiger partial charge in [0, 0.05) is 28.6 Å². The molecule has 2 rings (SSSR count). The summed E-state index contributed by atoms with van der Waals surface area (Å²) in [7, 11) is 2.09. The van der Waals surface area contributed by atoms with Crippen LogP contribution in [0.1, 0.15) is 16.5 Å².